The van der Waals surface area contributed by atoms with Gasteiger partial charge in [-0.05, 0) is 75.5 Å². The fourth-order valence-corrected chi connectivity index (χ4v) is 5.20. The first-order valence-electron chi connectivity index (χ1n) is 13.1. The summed E-state index contributed by atoms with van der Waals surface area (Å²) in [6.07, 6.45) is 0. The molecule has 0 fully saturated rings. The second kappa shape index (κ2) is 13.9. The molecule has 0 atom stereocenters. The number of nitrogens with one attached hydrogen (secondary N) is 5. The predicted molar refractivity (Wildman–Crippen MR) is 169 cm³/mol. The zero-order chi connectivity index (χ0) is 32.8. The van der Waals surface area contributed by atoms with Crippen LogP contribution >= 0.6 is 0 Å². The Hall–Kier alpha value is -4.84. The first kappa shape index (κ1) is 33.1. The molecule has 0 saturated heterocycles. The Morgan fingerprint density at radius 2 is 1.07 bits per heavy atom. The van der Waals surface area contributed by atoms with Crippen molar-refractivity contribution in [2.24, 2.45) is 10.2 Å². The van der Waals surface area contributed by atoms with E-state index < -0.39 is 37.4 Å². The molecular formula is C28H29F2N9O4S2. The second-order valence-corrected chi connectivity index (χ2v) is 13.0. The lowest BCUT2D eigenvalue weighted by Crippen LogP contribution is -2.18. The van der Waals surface area contributed by atoms with Crippen LogP contribution in [0.4, 0.5) is 32.1 Å². The van der Waals surface area contributed by atoms with Gasteiger partial charge in [-0.25, -0.2) is 35.1 Å². The second-order valence-electron chi connectivity index (χ2n) is 9.27. The number of hydrazone groups is 2. The summed E-state index contributed by atoms with van der Waals surface area (Å²) in [4.78, 5) is 8.67. The predicted octanol–water partition coefficient (Wildman–Crippen LogP) is 3.99. The minimum atomic E-state index is -3.60. The molecule has 3 aromatic carbocycles. The smallest absolute Gasteiger partial charge is 0.240 e. The summed E-state index contributed by atoms with van der Waals surface area (Å²) in [6.45, 7) is 3.37. The standard InChI is InChI=1S/C28H29F2N9O4S2/c1-17(19-8-12-21(13-9-19)44(40,41)31-3)36-38-25-16-26(34-28(33-25)35-27-23(29)6-5-7-24(27)30)39-37-18(2)20-10-14-22(15-11-20)45(42,43)32-4/h5-16,31-32H,1-4H3,(H3,33,34,35,38,39). The maximum Gasteiger partial charge on any atom is 0.240 e. The van der Waals surface area contributed by atoms with E-state index in [1.54, 1.807) is 38.1 Å². The van der Waals surface area contributed by atoms with Crippen molar-refractivity contribution in [1.29, 1.82) is 0 Å². The molecule has 0 saturated carbocycles. The van der Waals surface area contributed by atoms with Crippen molar-refractivity contribution in [3.8, 4) is 0 Å². The molecule has 0 aliphatic rings. The minimum Gasteiger partial charge on any atom is -0.319 e. The molecule has 45 heavy (non-hydrogen) atoms. The van der Waals surface area contributed by atoms with E-state index in [1.165, 1.54) is 50.5 Å². The number of nitrogens with zero attached hydrogens (tertiary/aromatic N) is 4. The normalized spacial score (nSPS) is 12.6. The average Bonchev–Trinajstić information content (AvgIpc) is 3.04. The van der Waals surface area contributed by atoms with Gasteiger partial charge >= 0.3 is 0 Å². The number of rotatable bonds is 12. The number of hydrogen-bond donors (Lipinski definition) is 5. The van der Waals surface area contributed by atoms with Crippen molar-refractivity contribution in [1.82, 2.24) is 19.4 Å². The number of anilines is 4. The monoisotopic (exact) mass is 657 g/mol. The highest BCUT2D eigenvalue weighted by Crippen LogP contribution is 2.24. The molecule has 13 nitrogen and oxygen atoms in total. The summed E-state index contributed by atoms with van der Waals surface area (Å²) in [5, 5.41) is 11.1. The third-order valence-electron chi connectivity index (χ3n) is 6.30. The van der Waals surface area contributed by atoms with Gasteiger partial charge in [0.1, 0.15) is 17.3 Å². The molecule has 4 rings (SSSR count). The van der Waals surface area contributed by atoms with Crippen molar-refractivity contribution >= 4 is 54.7 Å². The Labute approximate surface area is 259 Å². The zero-order valence-electron chi connectivity index (χ0n) is 24.4. The topological polar surface area (TPSA) is 179 Å². The van der Waals surface area contributed by atoms with Crippen LogP contribution in [-0.4, -0.2) is 52.3 Å². The average molecular weight is 658 g/mol. The third kappa shape index (κ3) is 8.21. The maximum absolute atomic E-state index is 14.4. The van der Waals surface area contributed by atoms with Crippen LogP contribution in [0.5, 0.6) is 0 Å². The molecule has 0 amide bonds. The van der Waals surface area contributed by atoms with Crippen molar-refractivity contribution < 1.29 is 25.6 Å². The number of benzene rings is 3. The SMILES string of the molecule is CNS(=O)(=O)c1ccc(C(C)=NNc2cc(NN=C(C)c3ccc(S(=O)(=O)NC)cc3)nc(Nc3c(F)cccc3F)n2)cc1. The lowest BCUT2D eigenvalue weighted by atomic mass is 10.1. The highest BCUT2D eigenvalue weighted by Gasteiger charge is 2.14. The summed E-state index contributed by atoms with van der Waals surface area (Å²) >= 11 is 0. The summed E-state index contributed by atoms with van der Waals surface area (Å²) in [5.74, 6) is -1.66. The van der Waals surface area contributed by atoms with Gasteiger partial charge in [0.05, 0.1) is 21.2 Å². The Bertz CT molecular complexity index is 1840. The quantitative estimate of drug-likeness (QED) is 0.111. The molecule has 0 aliphatic carbocycles. The number of halogens is 2. The van der Waals surface area contributed by atoms with Crippen LogP contribution < -0.4 is 25.6 Å². The first-order valence-corrected chi connectivity index (χ1v) is 16.1. The van der Waals surface area contributed by atoms with E-state index in [1.807, 2.05) is 0 Å². The fourth-order valence-electron chi connectivity index (χ4n) is 3.74. The van der Waals surface area contributed by atoms with E-state index in [9.17, 15) is 25.6 Å². The van der Waals surface area contributed by atoms with Crippen LogP contribution in [0, 0.1) is 11.6 Å². The van der Waals surface area contributed by atoms with E-state index in [0.717, 1.165) is 12.1 Å². The van der Waals surface area contributed by atoms with E-state index in [0.29, 0.717) is 22.6 Å². The van der Waals surface area contributed by atoms with Gasteiger partial charge in [0.15, 0.2) is 11.6 Å². The molecule has 17 heteroatoms. The number of sulfonamides is 2. The summed E-state index contributed by atoms with van der Waals surface area (Å²) < 4.78 is 81.2. The van der Waals surface area contributed by atoms with E-state index in [4.69, 9.17) is 0 Å². The van der Waals surface area contributed by atoms with Crippen molar-refractivity contribution in [2.45, 2.75) is 23.6 Å². The van der Waals surface area contributed by atoms with Crippen molar-refractivity contribution in [3.63, 3.8) is 0 Å². The van der Waals surface area contributed by atoms with E-state index in [2.05, 4.69) is 45.8 Å². The van der Waals surface area contributed by atoms with Crippen LogP contribution in [0.15, 0.2) is 92.8 Å². The summed E-state index contributed by atoms with van der Waals surface area (Å²) in [7, 11) is -4.57. The largest absolute Gasteiger partial charge is 0.319 e. The molecule has 1 heterocycles. The lowest BCUT2D eigenvalue weighted by Gasteiger charge is -2.11. The Morgan fingerprint density at radius 1 is 0.667 bits per heavy atom. The van der Waals surface area contributed by atoms with Gasteiger partial charge in [-0.3, -0.25) is 10.9 Å². The fraction of sp³-hybridized carbons (Fsp3) is 0.143. The van der Waals surface area contributed by atoms with Gasteiger partial charge < -0.3 is 5.32 Å². The van der Waals surface area contributed by atoms with Crippen LogP contribution in [0.2, 0.25) is 0 Å². The zero-order valence-corrected chi connectivity index (χ0v) is 26.1. The maximum atomic E-state index is 14.4. The van der Waals surface area contributed by atoms with Gasteiger partial charge in [-0.15, -0.1) is 0 Å². The molecule has 0 aliphatic heterocycles. The highest BCUT2D eigenvalue weighted by molar-refractivity contribution is 7.89. The molecule has 0 radical (unpaired) electrons. The molecule has 1 aromatic heterocycles. The first-order chi connectivity index (χ1) is 21.3. The van der Waals surface area contributed by atoms with Gasteiger partial charge in [-0.1, -0.05) is 30.3 Å². The number of aromatic nitrogens is 2. The number of para-hydroxylation sites is 1. The third-order valence-corrected chi connectivity index (χ3v) is 9.16. The molecule has 5 N–H and O–H groups in total. The van der Waals surface area contributed by atoms with Gasteiger partial charge in [0, 0.05) is 6.07 Å². The van der Waals surface area contributed by atoms with E-state index >= 15 is 0 Å². The number of hydrogen-bond acceptors (Lipinski definition) is 11. The molecule has 4 aromatic rings. The van der Waals surface area contributed by atoms with Gasteiger partial charge in [0.2, 0.25) is 26.0 Å². The summed E-state index contributed by atoms with van der Waals surface area (Å²) in [6, 6.07) is 16.9. The van der Waals surface area contributed by atoms with E-state index in [-0.39, 0.29) is 27.4 Å². The van der Waals surface area contributed by atoms with Crippen molar-refractivity contribution in [3.05, 3.63) is 95.6 Å². The van der Waals surface area contributed by atoms with Crippen LogP contribution in [-0.2, 0) is 20.0 Å². The van der Waals surface area contributed by atoms with Crippen molar-refractivity contribution in [2.75, 3.05) is 30.3 Å². The minimum absolute atomic E-state index is 0.0897. The molecule has 0 spiro atoms. The molecule has 236 valence electrons. The highest BCUT2D eigenvalue weighted by atomic mass is 32.2. The molecule has 0 unspecified atom stereocenters. The summed E-state index contributed by atoms with van der Waals surface area (Å²) in [5.41, 5.74) is 7.25. The Morgan fingerprint density at radius 3 is 1.44 bits per heavy atom. The van der Waals surface area contributed by atoms with Crippen LogP contribution in [0.25, 0.3) is 0 Å². The molecular weight excluding hydrogens is 628 g/mol. The Balaban J connectivity index is 1.62. The van der Waals surface area contributed by atoms with Gasteiger partial charge in [0.25, 0.3) is 0 Å². The lowest BCUT2D eigenvalue weighted by molar-refractivity contribution is 0.586. The van der Waals surface area contributed by atoms with Gasteiger partial charge in [-0.2, -0.15) is 20.2 Å². The Kier molecular flexibility index (Phi) is 10.2. The van der Waals surface area contributed by atoms with Crippen LogP contribution in [0.3, 0.4) is 0 Å². The molecule has 0 bridgehead atoms. The van der Waals surface area contributed by atoms with Crippen LogP contribution in [0.1, 0.15) is 25.0 Å².